The van der Waals surface area contributed by atoms with Gasteiger partial charge in [0.2, 0.25) is 0 Å². The van der Waals surface area contributed by atoms with Gasteiger partial charge in [0.1, 0.15) is 0 Å². The molecular weight excluding hydrogens is 318 g/mol. The molecule has 2 rings (SSSR count). The minimum atomic E-state index is -4.67. The summed E-state index contributed by atoms with van der Waals surface area (Å²) < 4.78 is 76.1. The molecule has 0 heterocycles. The van der Waals surface area contributed by atoms with Crippen molar-refractivity contribution in [1.82, 2.24) is 0 Å². The Balaban J connectivity index is 2.53. The highest BCUT2D eigenvalue weighted by atomic mass is 35.5. The highest BCUT2D eigenvalue weighted by Crippen LogP contribution is 2.38. The Bertz CT molecular complexity index is 657. The van der Waals surface area contributed by atoms with E-state index in [2.05, 4.69) is 0 Å². The third-order valence-corrected chi connectivity index (χ3v) is 3.12. The standard InChI is InChI=1S/C14H7ClF6/c15-12-5-4-9(7-11(12)14(19,20)21)8-2-1-3-10(6-8)13(16,17)18/h1-7H. The van der Waals surface area contributed by atoms with E-state index >= 15 is 0 Å². The molecule has 0 bridgehead atoms. The maximum atomic E-state index is 12.7. The molecule has 2 aromatic carbocycles. The maximum absolute atomic E-state index is 12.7. The van der Waals surface area contributed by atoms with Crippen LogP contribution in [0.1, 0.15) is 11.1 Å². The Hall–Kier alpha value is -1.69. The average Bonchev–Trinajstić information content (AvgIpc) is 2.37. The predicted octanol–water partition coefficient (Wildman–Crippen LogP) is 6.04. The Morgan fingerprint density at radius 2 is 1.33 bits per heavy atom. The van der Waals surface area contributed by atoms with Crippen molar-refractivity contribution >= 4 is 11.6 Å². The lowest BCUT2D eigenvalue weighted by atomic mass is 10.0. The van der Waals surface area contributed by atoms with E-state index in [4.69, 9.17) is 11.6 Å². The summed E-state index contributed by atoms with van der Waals surface area (Å²) in [5.41, 5.74) is -1.97. The average molecular weight is 325 g/mol. The van der Waals surface area contributed by atoms with E-state index in [1.807, 2.05) is 0 Å². The molecule has 0 aromatic heterocycles. The van der Waals surface area contributed by atoms with Crippen molar-refractivity contribution < 1.29 is 26.3 Å². The van der Waals surface area contributed by atoms with Crippen LogP contribution in [0, 0.1) is 0 Å². The zero-order chi connectivity index (χ0) is 15.8. The fraction of sp³-hybridized carbons (Fsp3) is 0.143. The Morgan fingerprint density at radius 3 is 1.90 bits per heavy atom. The van der Waals surface area contributed by atoms with Crippen LogP contribution < -0.4 is 0 Å². The van der Waals surface area contributed by atoms with Gasteiger partial charge in [-0.1, -0.05) is 29.8 Å². The summed E-state index contributed by atoms with van der Waals surface area (Å²) in [5, 5.41) is -0.502. The van der Waals surface area contributed by atoms with Gasteiger partial charge in [-0.3, -0.25) is 0 Å². The van der Waals surface area contributed by atoms with Crippen molar-refractivity contribution in [3.05, 3.63) is 58.6 Å². The number of rotatable bonds is 1. The molecule has 21 heavy (non-hydrogen) atoms. The summed E-state index contributed by atoms with van der Waals surface area (Å²) in [6.07, 6.45) is -9.23. The van der Waals surface area contributed by atoms with E-state index in [9.17, 15) is 26.3 Å². The molecule has 0 aliphatic rings. The number of benzene rings is 2. The highest BCUT2D eigenvalue weighted by Gasteiger charge is 2.34. The molecule has 0 nitrogen and oxygen atoms in total. The molecule has 0 saturated heterocycles. The smallest absolute Gasteiger partial charge is 0.166 e. The summed E-state index contributed by atoms with van der Waals surface area (Å²) in [4.78, 5) is 0. The van der Waals surface area contributed by atoms with E-state index in [1.54, 1.807) is 0 Å². The van der Waals surface area contributed by atoms with Gasteiger partial charge in [0.15, 0.2) is 0 Å². The molecule has 0 atom stereocenters. The second kappa shape index (κ2) is 5.26. The molecule has 0 radical (unpaired) electrons. The van der Waals surface area contributed by atoms with Crippen LogP contribution in [0.25, 0.3) is 11.1 Å². The monoisotopic (exact) mass is 324 g/mol. The molecule has 0 aliphatic heterocycles. The fourth-order valence-electron chi connectivity index (χ4n) is 1.80. The first-order valence-electron chi connectivity index (χ1n) is 5.63. The van der Waals surface area contributed by atoms with Crippen molar-refractivity contribution in [1.29, 1.82) is 0 Å². The van der Waals surface area contributed by atoms with Crippen LogP contribution in [0.3, 0.4) is 0 Å². The van der Waals surface area contributed by atoms with Crippen LogP contribution in [-0.4, -0.2) is 0 Å². The molecule has 0 spiro atoms. The summed E-state index contributed by atoms with van der Waals surface area (Å²) in [5.74, 6) is 0. The van der Waals surface area contributed by atoms with E-state index in [0.29, 0.717) is 0 Å². The predicted molar refractivity (Wildman–Crippen MR) is 66.9 cm³/mol. The van der Waals surface area contributed by atoms with Crippen molar-refractivity contribution in [3.8, 4) is 11.1 Å². The van der Waals surface area contributed by atoms with Crippen LogP contribution in [0.5, 0.6) is 0 Å². The van der Waals surface area contributed by atoms with Gasteiger partial charge in [-0.25, -0.2) is 0 Å². The van der Waals surface area contributed by atoms with Crippen LogP contribution in [0.4, 0.5) is 26.3 Å². The lowest BCUT2D eigenvalue weighted by molar-refractivity contribution is -0.138. The van der Waals surface area contributed by atoms with Gasteiger partial charge in [0, 0.05) is 0 Å². The van der Waals surface area contributed by atoms with Crippen molar-refractivity contribution in [2.24, 2.45) is 0 Å². The van der Waals surface area contributed by atoms with Crippen LogP contribution in [0.15, 0.2) is 42.5 Å². The normalized spacial score (nSPS) is 12.5. The lowest BCUT2D eigenvalue weighted by Crippen LogP contribution is -2.06. The number of alkyl halides is 6. The van der Waals surface area contributed by atoms with Crippen LogP contribution in [0.2, 0.25) is 5.02 Å². The molecule has 0 aliphatic carbocycles. The van der Waals surface area contributed by atoms with Gasteiger partial charge in [-0.15, -0.1) is 0 Å². The van der Waals surface area contributed by atoms with Crippen molar-refractivity contribution in [2.45, 2.75) is 12.4 Å². The summed E-state index contributed by atoms with van der Waals surface area (Å²) >= 11 is 5.47. The van der Waals surface area contributed by atoms with Gasteiger partial charge in [0.25, 0.3) is 0 Å². The van der Waals surface area contributed by atoms with Gasteiger partial charge in [-0.2, -0.15) is 26.3 Å². The minimum Gasteiger partial charge on any atom is -0.166 e. The second-order valence-electron chi connectivity index (χ2n) is 4.27. The van der Waals surface area contributed by atoms with Gasteiger partial charge in [0.05, 0.1) is 16.1 Å². The highest BCUT2D eigenvalue weighted by molar-refractivity contribution is 6.31. The summed E-state index contributed by atoms with van der Waals surface area (Å²) in [7, 11) is 0. The molecular formula is C14H7ClF6. The van der Waals surface area contributed by atoms with Crippen molar-refractivity contribution in [2.75, 3.05) is 0 Å². The minimum absolute atomic E-state index is 0.0119. The molecule has 0 amide bonds. The Labute approximate surface area is 121 Å². The number of hydrogen-bond acceptors (Lipinski definition) is 0. The Morgan fingerprint density at radius 1 is 0.714 bits per heavy atom. The summed E-state index contributed by atoms with van der Waals surface area (Å²) in [6, 6.07) is 7.08. The first-order valence-corrected chi connectivity index (χ1v) is 6.01. The number of hydrogen-bond donors (Lipinski definition) is 0. The van der Waals surface area contributed by atoms with Gasteiger partial charge < -0.3 is 0 Å². The molecule has 0 N–H and O–H groups in total. The molecule has 0 unspecified atom stereocenters. The third-order valence-electron chi connectivity index (χ3n) is 2.79. The van der Waals surface area contributed by atoms with E-state index < -0.39 is 28.5 Å². The van der Waals surface area contributed by atoms with E-state index in [-0.39, 0.29) is 11.1 Å². The third kappa shape index (κ3) is 3.50. The topological polar surface area (TPSA) is 0 Å². The largest absolute Gasteiger partial charge is 0.417 e. The molecule has 0 fully saturated rings. The molecule has 112 valence electrons. The second-order valence-corrected chi connectivity index (χ2v) is 4.68. The van der Waals surface area contributed by atoms with E-state index in [1.165, 1.54) is 12.1 Å². The van der Waals surface area contributed by atoms with Crippen molar-refractivity contribution in [3.63, 3.8) is 0 Å². The van der Waals surface area contributed by atoms with Gasteiger partial charge >= 0.3 is 12.4 Å². The zero-order valence-electron chi connectivity index (χ0n) is 10.2. The molecule has 0 saturated carbocycles. The number of halogens is 7. The van der Waals surface area contributed by atoms with Crippen LogP contribution >= 0.6 is 11.6 Å². The van der Waals surface area contributed by atoms with E-state index in [0.717, 1.165) is 30.3 Å². The molecule has 2 aromatic rings. The first kappa shape index (κ1) is 15.7. The SMILES string of the molecule is FC(F)(F)c1cccc(-c2ccc(Cl)c(C(F)(F)F)c2)c1. The first-order chi connectivity index (χ1) is 9.59. The summed E-state index contributed by atoms with van der Waals surface area (Å²) in [6.45, 7) is 0. The van der Waals surface area contributed by atoms with Crippen LogP contribution in [-0.2, 0) is 12.4 Å². The zero-order valence-corrected chi connectivity index (χ0v) is 10.9. The maximum Gasteiger partial charge on any atom is 0.417 e. The lowest BCUT2D eigenvalue weighted by Gasteiger charge is -2.12. The fourth-order valence-corrected chi connectivity index (χ4v) is 2.02. The Kier molecular flexibility index (Phi) is 3.93. The molecule has 7 heteroatoms. The quantitative estimate of drug-likeness (QED) is 0.561. The van der Waals surface area contributed by atoms with Gasteiger partial charge in [-0.05, 0) is 35.4 Å².